The summed E-state index contributed by atoms with van der Waals surface area (Å²) in [6, 6.07) is 13.4. The van der Waals surface area contributed by atoms with Crippen molar-refractivity contribution in [1.82, 2.24) is 0 Å². The maximum Gasteiger partial charge on any atom is 0.454 e. The molecule has 0 aliphatic carbocycles. The third kappa shape index (κ3) is 3.08. The molecule has 0 aliphatic heterocycles. The Balaban J connectivity index is 1.97. The molecule has 0 amide bonds. The van der Waals surface area contributed by atoms with Crippen molar-refractivity contribution >= 4 is 16.6 Å². The zero-order valence-corrected chi connectivity index (χ0v) is 12.2. The number of H-pyrrole nitrogens is 1. The minimum absolute atomic E-state index is 0.363. The van der Waals surface area contributed by atoms with E-state index in [-0.39, 0.29) is 5.56 Å². The van der Waals surface area contributed by atoms with E-state index < -0.39 is 12.0 Å². The first-order chi connectivity index (χ1) is 10.8. The van der Waals surface area contributed by atoms with Crippen LogP contribution >= 0.6 is 0 Å². The fourth-order valence-corrected chi connectivity index (χ4v) is 2.43. The summed E-state index contributed by atoms with van der Waals surface area (Å²) in [5.74, 6) is -1.83. The normalized spacial score (nSPS) is 11.7. The van der Waals surface area contributed by atoms with Gasteiger partial charge in [-0.25, -0.2) is 4.98 Å². The maximum atomic E-state index is 12.4. The van der Waals surface area contributed by atoms with Gasteiger partial charge in [-0.15, -0.1) is 0 Å². The van der Waals surface area contributed by atoms with E-state index in [1.165, 1.54) is 24.3 Å². The van der Waals surface area contributed by atoms with Gasteiger partial charge in [-0.3, -0.25) is 4.79 Å². The van der Waals surface area contributed by atoms with E-state index in [0.29, 0.717) is 5.56 Å². The van der Waals surface area contributed by atoms with Crippen molar-refractivity contribution in [3.8, 4) is 11.3 Å². The molecule has 1 heterocycles. The van der Waals surface area contributed by atoms with E-state index in [0.717, 1.165) is 22.0 Å². The van der Waals surface area contributed by atoms with Crippen LogP contribution in [-0.2, 0) is 0 Å². The number of ketones is 1. The Kier molecular flexibility index (Phi) is 3.64. The van der Waals surface area contributed by atoms with E-state index in [4.69, 9.17) is 0 Å². The summed E-state index contributed by atoms with van der Waals surface area (Å²) in [5.41, 5.74) is 2.25. The molecule has 1 aromatic heterocycles. The minimum Gasteiger partial charge on any atom is -0.284 e. The standard InChI is InChI=1S/C18H12F3NO/c1-11-2-3-14-10-22-16(9-15(14)8-11)12-4-6-13(7-5-12)17(23)18(19,20)21/h2-10H,1H3/p+1. The number of carbonyl (C=O) groups is 1. The maximum absolute atomic E-state index is 12.4. The van der Waals surface area contributed by atoms with E-state index in [9.17, 15) is 18.0 Å². The molecule has 0 spiro atoms. The van der Waals surface area contributed by atoms with Crippen LogP contribution in [0, 0.1) is 6.92 Å². The van der Waals surface area contributed by atoms with Gasteiger partial charge in [0.05, 0.1) is 0 Å². The highest BCUT2D eigenvalue weighted by Crippen LogP contribution is 2.24. The van der Waals surface area contributed by atoms with Crippen LogP contribution in [0.5, 0.6) is 0 Å². The Morgan fingerprint density at radius 2 is 1.65 bits per heavy atom. The molecule has 0 radical (unpaired) electrons. The molecule has 0 bridgehead atoms. The molecule has 3 rings (SSSR count). The number of carbonyl (C=O) groups excluding carboxylic acids is 1. The summed E-state index contributed by atoms with van der Waals surface area (Å²) in [4.78, 5) is 14.3. The van der Waals surface area contributed by atoms with Crippen molar-refractivity contribution in [3.63, 3.8) is 0 Å². The van der Waals surface area contributed by atoms with Crippen LogP contribution in [0.15, 0.2) is 54.7 Å². The van der Waals surface area contributed by atoms with Gasteiger partial charge in [0.1, 0.15) is 0 Å². The highest BCUT2D eigenvalue weighted by Gasteiger charge is 2.39. The molecule has 0 atom stereocenters. The van der Waals surface area contributed by atoms with Gasteiger partial charge in [-0.1, -0.05) is 29.8 Å². The molecule has 2 aromatic carbocycles. The molecule has 0 saturated carbocycles. The fourth-order valence-electron chi connectivity index (χ4n) is 2.43. The minimum atomic E-state index is -4.85. The van der Waals surface area contributed by atoms with Gasteiger partial charge < -0.3 is 0 Å². The molecular formula is C18H13F3NO+. The number of fused-ring (bicyclic) bond motifs is 1. The first-order valence-electron chi connectivity index (χ1n) is 6.99. The van der Waals surface area contributed by atoms with Gasteiger partial charge in [-0.05, 0) is 30.5 Å². The van der Waals surface area contributed by atoms with Gasteiger partial charge in [0.2, 0.25) is 5.69 Å². The number of benzene rings is 2. The number of hydrogen-bond acceptors (Lipinski definition) is 1. The summed E-state index contributed by atoms with van der Waals surface area (Å²) in [5, 5.41) is 2.08. The molecule has 0 aliphatic rings. The largest absolute Gasteiger partial charge is 0.454 e. The average molecular weight is 316 g/mol. The van der Waals surface area contributed by atoms with Crippen molar-refractivity contribution in [2.75, 3.05) is 0 Å². The summed E-state index contributed by atoms with van der Waals surface area (Å²) in [6.07, 6.45) is -3.01. The predicted octanol–water partition coefficient (Wildman–Crippen LogP) is 4.37. The van der Waals surface area contributed by atoms with Crippen LogP contribution in [0.4, 0.5) is 13.2 Å². The van der Waals surface area contributed by atoms with Gasteiger partial charge >= 0.3 is 6.18 Å². The number of alkyl halides is 3. The van der Waals surface area contributed by atoms with Crippen LogP contribution in [0.2, 0.25) is 0 Å². The van der Waals surface area contributed by atoms with Crippen LogP contribution in [0.3, 0.4) is 0 Å². The van der Waals surface area contributed by atoms with E-state index >= 15 is 0 Å². The quantitative estimate of drug-likeness (QED) is 0.646. The summed E-state index contributed by atoms with van der Waals surface area (Å²) >= 11 is 0. The monoisotopic (exact) mass is 316 g/mol. The molecule has 5 heteroatoms. The SMILES string of the molecule is Cc1ccc2c[nH+]c(-c3ccc(C(=O)C(F)(F)F)cc3)cc2c1. The lowest BCUT2D eigenvalue weighted by Crippen LogP contribution is -2.22. The van der Waals surface area contributed by atoms with E-state index in [2.05, 4.69) is 4.98 Å². The second-order valence-corrected chi connectivity index (χ2v) is 5.38. The first-order valence-corrected chi connectivity index (χ1v) is 6.99. The molecule has 1 N–H and O–H groups in total. The lowest BCUT2D eigenvalue weighted by atomic mass is 10.0. The molecule has 0 fully saturated rings. The van der Waals surface area contributed by atoms with Crippen LogP contribution in [0.1, 0.15) is 15.9 Å². The molecule has 2 nitrogen and oxygen atoms in total. The van der Waals surface area contributed by atoms with Crippen LogP contribution in [-0.4, -0.2) is 12.0 Å². The third-order valence-electron chi connectivity index (χ3n) is 3.64. The van der Waals surface area contributed by atoms with E-state index in [1.807, 2.05) is 37.4 Å². The number of halogens is 3. The predicted molar refractivity (Wildman–Crippen MR) is 81.1 cm³/mol. The Hall–Kier alpha value is -2.69. The van der Waals surface area contributed by atoms with Crippen molar-refractivity contribution in [1.29, 1.82) is 0 Å². The lowest BCUT2D eigenvalue weighted by molar-refractivity contribution is -0.362. The summed E-state index contributed by atoms with van der Waals surface area (Å²) in [6.45, 7) is 1.99. The number of aryl methyl sites for hydroxylation is 1. The van der Waals surface area contributed by atoms with Gasteiger partial charge in [0, 0.05) is 22.6 Å². The highest BCUT2D eigenvalue weighted by atomic mass is 19.4. The number of Topliss-reactive ketones (excluding diaryl/α,β-unsaturated/α-hetero) is 1. The van der Waals surface area contributed by atoms with Gasteiger partial charge in [0.25, 0.3) is 5.78 Å². The zero-order valence-electron chi connectivity index (χ0n) is 12.2. The number of hydrogen-bond donors (Lipinski definition) is 0. The molecular weight excluding hydrogens is 303 g/mol. The smallest absolute Gasteiger partial charge is 0.284 e. The lowest BCUT2D eigenvalue weighted by Gasteiger charge is -2.05. The summed E-state index contributed by atoms with van der Waals surface area (Å²) < 4.78 is 37.2. The molecule has 3 aromatic rings. The Morgan fingerprint density at radius 3 is 2.30 bits per heavy atom. The number of aromatic nitrogens is 1. The summed E-state index contributed by atoms with van der Waals surface area (Å²) in [7, 11) is 0. The number of nitrogens with one attached hydrogen (secondary N) is 1. The first kappa shape index (κ1) is 15.2. The topological polar surface area (TPSA) is 31.2 Å². The van der Waals surface area contributed by atoms with Crippen molar-refractivity contribution < 1.29 is 22.9 Å². The van der Waals surface area contributed by atoms with Crippen LogP contribution < -0.4 is 4.98 Å². The molecule has 0 unspecified atom stereocenters. The highest BCUT2D eigenvalue weighted by molar-refractivity contribution is 6.00. The second kappa shape index (κ2) is 5.50. The van der Waals surface area contributed by atoms with Crippen molar-refractivity contribution in [2.24, 2.45) is 0 Å². The average Bonchev–Trinajstić information content (AvgIpc) is 2.52. The van der Waals surface area contributed by atoms with Crippen molar-refractivity contribution in [2.45, 2.75) is 13.1 Å². The second-order valence-electron chi connectivity index (χ2n) is 5.38. The molecule has 116 valence electrons. The Bertz CT molecular complexity index is 883. The van der Waals surface area contributed by atoms with E-state index in [1.54, 1.807) is 0 Å². The number of rotatable bonds is 2. The van der Waals surface area contributed by atoms with Crippen molar-refractivity contribution in [3.05, 3.63) is 65.9 Å². The zero-order chi connectivity index (χ0) is 16.6. The number of pyridine rings is 1. The Morgan fingerprint density at radius 1 is 0.957 bits per heavy atom. The Labute approximate surface area is 130 Å². The third-order valence-corrected chi connectivity index (χ3v) is 3.64. The van der Waals surface area contributed by atoms with Gasteiger partial charge in [-0.2, -0.15) is 13.2 Å². The molecule has 0 saturated heterocycles. The molecule has 23 heavy (non-hydrogen) atoms. The number of aromatic amines is 1. The van der Waals surface area contributed by atoms with Crippen LogP contribution in [0.25, 0.3) is 22.0 Å². The fraction of sp³-hybridized carbons (Fsp3) is 0.111. The van der Waals surface area contributed by atoms with Gasteiger partial charge in [0.15, 0.2) is 6.20 Å².